The van der Waals surface area contributed by atoms with Crippen LogP contribution in [0.5, 0.6) is 0 Å². The minimum atomic E-state index is -3.19. The summed E-state index contributed by atoms with van der Waals surface area (Å²) in [6, 6.07) is 0. The maximum atomic E-state index is 11.5. The number of thioether (sulfide) groups is 1. The van der Waals surface area contributed by atoms with Crippen LogP contribution in [0.25, 0.3) is 0 Å². The molecule has 2 N–H and O–H groups in total. The first-order chi connectivity index (χ1) is 6.97. The first-order valence-electron chi connectivity index (χ1n) is 5.20. The topological polar surface area (TPSA) is 66.4 Å². The van der Waals surface area contributed by atoms with Gasteiger partial charge in [0, 0.05) is 17.9 Å². The zero-order valence-electron chi connectivity index (χ0n) is 9.03. The van der Waals surface area contributed by atoms with E-state index in [1.807, 2.05) is 11.8 Å². The zero-order valence-corrected chi connectivity index (χ0v) is 10.7. The second-order valence-electron chi connectivity index (χ2n) is 4.12. The quantitative estimate of drug-likeness (QED) is 0.726. The van der Waals surface area contributed by atoms with Gasteiger partial charge in [-0.2, -0.15) is 11.8 Å². The Morgan fingerprint density at radius 1 is 1.53 bits per heavy atom. The Morgan fingerprint density at radius 2 is 2.27 bits per heavy atom. The Kier molecular flexibility index (Phi) is 4.89. The molecule has 1 atom stereocenters. The van der Waals surface area contributed by atoms with Crippen molar-refractivity contribution in [2.75, 3.05) is 24.7 Å². The molecule has 15 heavy (non-hydrogen) atoms. The maximum absolute atomic E-state index is 11.5. The van der Waals surface area contributed by atoms with Gasteiger partial charge in [0.1, 0.15) is 0 Å². The summed E-state index contributed by atoms with van der Waals surface area (Å²) in [5.41, 5.74) is 0. The van der Waals surface area contributed by atoms with Gasteiger partial charge in [0.25, 0.3) is 0 Å². The van der Waals surface area contributed by atoms with Gasteiger partial charge in [-0.05, 0) is 31.9 Å². The Hall–Kier alpha value is 0.220. The molecule has 0 amide bonds. The van der Waals surface area contributed by atoms with Crippen molar-refractivity contribution in [3.63, 3.8) is 0 Å². The molecule has 1 rings (SSSR count). The van der Waals surface area contributed by atoms with Gasteiger partial charge < -0.3 is 5.11 Å². The number of hydrogen-bond acceptors (Lipinski definition) is 4. The minimum Gasteiger partial charge on any atom is -0.396 e. The molecule has 0 aromatic rings. The van der Waals surface area contributed by atoms with Crippen LogP contribution in [0.1, 0.15) is 26.2 Å². The molecule has 90 valence electrons. The molecular weight excluding hydrogens is 234 g/mol. The Bertz CT molecular complexity index is 284. The SMILES string of the molecule is CC1(CNS(=O)(=O)CCCO)CCCS1. The van der Waals surface area contributed by atoms with Crippen LogP contribution in [0.15, 0.2) is 0 Å². The van der Waals surface area contributed by atoms with E-state index in [4.69, 9.17) is 5.11 Å². The molecule has 0 saturated carbocycles. The van der Waals surface area contributed by atoms with E-state index >= 15 is 0 Å². The van der Waals surface area contributed by atoms with Crippen LogP contribution in [0.3, 0.4) is 0 Å². The second kappa shape index (κ2) is 5.52. The average Bonchev–Trinajstić information content (AvgIpc) is 2.61. The van der Waals surface area contributed by atoms with Gasteiger partial charge in [0.2, 0.25) is 10.0 Å². The van der Waals surface area contributed by atoms with E-state index < -0.39 is 10.0 Å². The van der Waals surface area contributed by atoms with Crippen molar-refractivity contribution in [2.45, 2.75) is 30.9 Å². The van der Waals surface area contributed by atoms with Crippen LogP contribution in [0.2, 0.25) is 0 Å². The van der Waals surface area contributed by atoms with Gasteiger partial charge >= 0.3 is 0 Å². The van der Waals surface area contributed by atoms with E-state index in [0.29, 0.717) is 13.0 Å². The predicted octanol–water partition coefficient (Wildman–Crippen LogP) is 0.574. The van der Waals surface area contributed by atoms with Crippen LogP contribution >= 0.6 is 11.8 Å². The third-order valence-electron chi connectivity index (χ3n) is 2.54. The highest BCUT2D eigenvalue weighted by molar-refractivity contribution is 8.01. The molecule has 0 spiro atoms. The Morgan fingerprint density at radius 3 is 2.80 bits per heavy atom. The Labute approximate surface area is 95.9 Å². The maximum Gasteiger partial charge on any atom is 0.211 e. The van der Waals surface area contributed by atoms with Crippen molar-refractivity contribution in [3.05, 3.63) is 0 Å². The summed E-state index contributed by atoms with van der Waals surface area (Å²) in [7, 11) is -3.19. The zero-order chi connectivity index (χ0) is 11.4. The summed E-state index contributed by atoms with van der Waals surface area (Å²) < 4.78 is 25.6. The molecule has 1 fully saturated rings. The normalized spacial score (nSPS) is 27.1. The highest BCUT2D eigenvalue weighted by Gasteiger charge is 2.30. The first kappa shape index (κ1) is 13.3. The number of sulfonamides is 1. The van der Waals surface area contributed by atoms with Crippen LogP contribution < -0.4 is 4.72 Å². The third kappa shape index (κ3) is 4.72. The van der Waals surface area contributed by atoms with Gasteiger partial charge in [0.05, 0.1) is 5.75 Å². The molecule has 0 aliphatic carbocycles. The van der Waals surface area contributed by atoms with Crippen molar-refractivity contribution in [2.24, 2.45) is 0 Å². The van der Waals surface area contributed by atoms with E-state index in [2.05, 4.69) is 11.6 Å². The van der Waals surface area contributed by atoms with Crippen LogP contribution in [-0.2, 0) is 10.0 Å². The molecule has 0 aromatic carbocycles. The van der Waals surface area contributed by atoms with Gasteiger partial charge in [0.15, 0.2) is 0 Å². The van der Waals surface area contributed by atoms with Crippen molar-refractivity contribution < 1.29 is 13.5 Å². The molecule has 1 saturated heterocycles. The molecule has 0 bridgehead atoms. The Balaban J connectivity index is 2.35. The fraction of sp³-hybridized carbons (Fsp3) is 1.00. The fourth-order valence-corrected chi connectivity index (χ4v) is 4.09. The summed E-state index contributed by atoms with van der Waals surface area (Å²) in [6.07, 6.45) is 2.54. The van der Waals surface area contributed by atoms with E-state index in [1.165, 1.54) is 6.42 Å². The standard InChI is InChI=1S/C9H19NO3S2/c1-9(4-2-6-14-9)8-10-15(12,13)7-3-5-11/h10-11H,2-8H2,1H3. The van der Waals surface area contributed by atoms with Crippen molar-refractivity contribution in [3.8, 4) is 0 Å². The third-order valence-corrected chi connectivity index (χ3v) is 5.49. The van der Waals surface area contributed by atoms with E-state index in [1.54, 1.807) is 0 Å². The van der Waals surface area contributed by atoms with Crippen molar-refractivity contribution in [1.29, 1.82) is 0 Å². The summed E-state index contributed by atoms with van der Waals surface area (Å²) in [4.78, 5) is 0. The summed E-state index contributed by atoms with van der Waals surface area (Å²) in [5, 5.41) is 8.56. The number of rotatable bonds is 6. The highest BCUT2D eigenvalue weighted by atomic mass is 32.2. The molecule has 1 unspecified atom stereocenters. The number of nitrogens with one attached hydrogen (secondary N) is 1. The lowest BCUT2D eigenvalue weighted by molar-refractivity contribution is 0.295. The van der Waals surface area contributed by atoms with Crippen LogP contribution in [0, 0.1) is 0 Å². The van der Waals surface area contributed by atoms with Crippen LogP contribution in [-0.4, -0.2) is 42.9 Å². The highest BCUT2D eigenvalue weighted by Crippen LogP contribution is 2.37. The van der Waals surface area contributed by atoms with Gasteiger partial charge in [-0.25, -0.2) is 13.1 Å². The van der Waals surface area contributed by atoms with Crippen molar-refractivity contribution >= 4 is 21.8 Å². The summed E-state index contributed by atoms with van der Waals surface area (Å²) >= 11 is 1.83. The van der Waals surface area contributed by atoms with Crippen molar-refractivity contribution in [1.82, 2.24) is 4.72 Å². The van der Waals surface area contributed by atoms with Gasteiger partial charge in [-0.15, -0.1) is 0 Å². The minimum absolute atomic E-state index is 0.0181. The van der Waals surface area contributed by atoms with E-state index in [9.17, 15) is 8.42 Å². The van der Waals surface area contributed by atoms with Crippen LogP contribution in [0.4, 0.5) is 0 Å². The summed E-state index contributed by atoms with van der Waals surface area (Å²) in [5.74, 6) is 1.14. The molecule has 6 heteroatoms. The molecule has 1 heterocycles. The lowest BCUT2D eigenvalue weighted by Gasteiger charge is -2.22. The lowest BCUT2D eigenvalue weighted by Crippen LogP contribution is -2.38. The lowest BCUT2D eigenvalue weighted by atomic mass is 10.1. The number of hydrogen-bond donors (Lipinski definition) is 2. The van der Waals surface area contributed by atoms with E-state index in [0.717, 1.165) is 12.2 Å². The van der Waals surface area contributed by atoms with Gasteiger partial charge in [-0.3, -0.25) is 0 Å². The predicted molar refractivity (Wildman–Crippen MR) is 63.6 cm³/mol. The number of aliphatic hydroxyl groups excluding tert-OH is 1. The van der Waals surface area contributed by atoms with Gasteiger partial charge in [-0.1, -0.05) is 0 Å². The molecular formula is C9H19NO3S2. The number of aliphatic hydroxyl groups is 1. The molecule has 0 aromatic heterocycles. The fourth-order valence-electron chi connectivity index (χ4n) is 1.57. The smallest absolute Gasteiger partial charge is 0.211 e. The molecule has 4 nitrogen and oxygen atoms in total. The molecule has 0 radical (unpaired) electrons. The molecule has 1 aliphatic rings. The average molecular weight is 253 g/mol. The monoisotopic (exact) mass is 253 g/mol. The molecule has 1 aliphatic heterocycles. The largest absolute Gasteiger partial charge is 0.396 e. The first-order valence-corrected chi connectivity index (χ1v) is 7.83. The van der Waals surface area contributed by atoms with E-state index in [-0.39, 0.29) is 17.1 Å². The second-order valence-corrected chi connectivity index (χ2v) is 7.73. The summed E-state index contributed by atoms with van der Waals surface area (Å²) in [6.45, 7) is 2.53.